The molecule has 2 aromatic carbocycles. The van der Waals surface area contributed by atoms with E-state index in [0.717, 1.165) is 31.4 Å². The fourth-order valence-electron chi connectivity index (χ4n) is 3.19. The van der Waals surface area contributed by atoms with E-state index in [1.807, 2.05) is 31.1 Å². The molecule has 144 valence electrons. The van der Waals surface area contributed by atoms with Gasteiger partial charge in [0.05, 0.1) is 4.90 Å². The molecule has 0 atom stereocenters. The van der Waals surface area contributed by atoms with Crippen LogP contribution in [0.5, 0.6) is 0 Å². The lowest BCUT2D eigenvalue weighted by Crippen LogP contribution is -2.32. The van der Waals surface area contributed by atoms with Gasteiger partial charge in [-0.15, -0.1) is 0 Å². The highest BCUT2D eigenvalue weighted by Gasteiger charge is 2.20. The van der Waals surface area contributed by atoms with Gasteiger partial charge in [-0.1, -0.05) is 18.9 Å². The summed E-state index contributed by atoms with van der Waals surface area (Å²) in [5, 5.41) is 2.98. The van der Waals surface area contributed by atoms with E-state index in [-0.39, 0.29) is 16.8 Å². The highest BCUT2D eigenvalue weighted by atomic mass is 32.2. The van der Waals surface area contributed by atoms with E-state index in [4.69, 9.17) is 0 Å². The van der Waals surface area contributed by atoms with E-state index in [2.05, 4.69) is 10.0 Å². The molecule has 1 aliphatic rings. The average Bonchev–Trinajstić information content (AvgIpc) is 3.15. The molecule has 0 unspecified atom stereocenters. The van der Waals surface area contributed by atoms with E-state index >= 15 is 0 Å². The summed E-state index contributed by atoms with van der Waals surface area (Å²) >= 11 is 0. The van der Waals surface area contributed by atoms with Gasteiger partial charge in [-0.25, -0.2) is 8.42 Å². The maximum Gasteiger partial charge on any atom is 0.261 e. The summed E-state index contributed by atoms with van der Waals surface area (Å²) in [5.74, 6) is -0.228. The molecule has 1 fully saturated rings. The maximum atomic E-state index is 12.7. The van der Waals surface area contributed by atoms with Crippen molar-refractivity contribution in [1.82, 2.24) is 5.32 Å². The van der Waals surface area contributed by atoms with Gasteiger partial charge in [0.2, 0.25) is 0 Å². The quantitative estimate of drug-likeness (QED) is 0.798. The Morgan fingerprint density at radius 3 is 2.33 bits per heavy atom. The van der Waals surface area contributed by atoms with Crippen LogP contribution in [0.1, 0.15) is 36.0 Å². The van der Waals surface area contributed by atoms with E-state index in [9.17, 15) is 13.2 Å². The number of rotatable bonds is 6. The molecule has 0 heterocycles. The Bertz CT molecular complexity index is 902. The Balaban J connectivity index is 1.75. The predicted molar refractivity (Wildman–Crippen MR) is 108 cm³/mol. The van der Waals surface area contributed by atoms with Gasteiger partial charge in [0, 0.05) is 37.1 Å². The highest BCUT2D eigenvalue weighted by Crippen LogP contribution is 2.21. The summed E-state index contributed by atoms with van der Waals surface area (Å²) in [5.41, 5.74) is 1.80. The van der Waals surface area contributed by atoms with Crippen LogP contribution in [0.2, 0.25) is 0 Å². The van der Waals surface area contributed by atoms with Gasteiger partial charge < -0.3 is 10.2 Å². The number of amides is 1. The molecule has 3 rings (SSSR count). The van der Waals surface area contributed by atoms with Crippen LogP contribution in [0.25, 0.3) is 0 Å². The lowest BCUT2D eigenvalue weighted by Gasteiger charge is -2.14. The van der Waals surface area contributed by atoms with Gasteiger partial charge in [0.1, 0.15) is 0 Å². The third-order valence-electron chi connectivity index (χ3n) is 4.73. The maximum absolute atomic E-state index is 12.7. The van der Waals surface area contributed by atoms with Gasteiger partial charge in [-0.05, 0) is 55.3 Å². The van der Waals surface area contributed by atoms with Crippen molar-refractivity contribution in [3.63, 3.8) is 0 Å². The van der Waals surface area contributed by atoms with Crippen LogP contribution in [-0.2, 0) is 10.0 Å². The number of nitrogens with zero attached hydrogens (tertiary/aromatic N) is 1. The lowest BCUT2D eigenvalue weighted by atomic mass is 10.2. The smallest absolute Gasteiger partial charge is 0.261 e. The van der Waals surface area contributed by atoms with Crippen molar-refractivity contribution in [2.75, 3.05) is 23.7 Å². The summed E-state index contributed by atoms with van der Waals surface area (Å²) in [4.78, 5) is 14.4. The van der Waals surface area contributed by atoms with Gasteiger partial charge in [0.25, 0.3) is 15.9 Å². The molecule has 1 saturated carbocycles. The van der Waals surface area contributed by atoms with Gasteiger partial charge in [0.15, 0.2) is 0 Å². The van der Waals surface area contributed by atoms with Crippen LogP contribution in [0, 0.1) is 0 Å². The first-order valence-corrected chi connectivity index (χ1v) is 10.5. The summed E-state index contributed by atoms with van der Waals surface area (Å²) in [6.07, 6.45) is 4.20. The first-order chi connectivity index (χ1) is 12.8. The zero-order chi connectivity index (χ0) is 19.4. The van der Waals surface area contributed by atoms with Crippen LogP contribution in [0.4, 0.5) is 11.4 Å². The second-order valence-electron chi connectivity index (χ2n) is 7.03. The number of carbonyl (C=O) groups is 1. The molecular formula is C20H25N3O3S. The molecule has 0 radical (unpaired) electrons. The van der Waals surface area contributed by atoms with Crippen LogP contribution < -0.4 is 14.9 Å². The van der Waals surface area contributed by atoms with Gasteiger partial charge in [-0.2, -0.15) is 0 Å². The average molecular weight is 388 g/mol. The molecular weight excluding hydrogens is 362 g/mol. The van der Waals surface area contributed by atoms with Crippen molar-refractivity contribution in [2.24, 2.45) is 0 Å². The molecule has 0 spiro atoms. The number of nitrogens with one attached hydrogen (secondary N) is 2. The van der Waals surface area contributed by atoms with Crippen LogP contribution in [-0.4, -0.2) is 34.5 Å². The van der Waals surface area contributed by atoms with Crippen molar-refractivity contribution >= 4 is 27.3 Å². The van der Waals surface area contributed by atoms with Crippen molar-refractivity contribution in [3.8, 4) is 0 Å². The minimum Gasteiger partial charge on any atom is -0.378 e. The Morgan fingerprint density at radius 2 is 1.70 bits per heavy atom. The van der Waals surface area contributed by atoms with Crippen molar-refractivity contribution < 1.29 is 13.2 Å². The predicted octanol–water partition coefficient (Wildman–Crippen LogP) is 3.23. The summed E-state index contributed by atoms with van der Waals surface area (Å²) < 4.78 is 27.9. The molecule has 0 saturated heterocycles. The van der Waals surface area contributed by atoms with Crippen LogP contribution in [0.15, 0.2) is 53.4 Å². The largest absolute Gasteiger partial charge is 0.378 e. The van der Waals surface area contributed by atoms with Crippen molar-refractivity contribution in [2.45, 2.75) is 36.6 Å². The Kier molecular flexibility index (Phi) is 5.70. The first-order valence-electron chi connectivity index (χ1n) is 9.06. The summed E-state index contributed by atoms with van der Waals surface area (Å²) in [7, 11) is 0.0626. The topological polar surface area (TPSA) is 78.5 Å². The SMILES string of the molecule is CN(C)c1ccc(NS(=O)(=O)c2cccc(C(=O)NC3CCCC3)c2)cc1. The molecule has 1 amide bonds. The van der Waals surface area contributed by atoms with Crippen LogP contribution in [0.3, 0.4) is 0 Å². The number of hydrogen-bond acceptors (Lipinski definition) is 4. The molecule has 0 aromatic heterocycles. The zero-order valence-corrected chi connectivity index (χ0v) is 16.4. The van der Waals surface area contributed by atoms with E-state index < -0.39 is 10.0 Å². The molecule has 7 heteroatoms. The third kappa shape index (κ3) is 4.80. The number of anilines is 2. The van der Waals surface area contributed by atoms with Gasteiger partial charge in [-0.3, -0.25) is 9.52 Å². The number of carbonyl (C=O) groups excluding carboxylic acids is 1. The lowest BCUT2D eigenvalue weighted by molar-refractivity contribution is 0.0937. The molecule has 6 nitrogen and oxygen atoms in total. The van der Waals surface area contributed by atoms with E-state index in [0.29, 0.717) is 11.3 Å². The Labute approximate surface area is 160 Å². The zero-order valence-electron chi connectivity index (χ0n) is 15.6. The Morgan fingerprint density at radius 1 is 1.04 bits per heavy atom. The minimum atomic E-state index is -3.77. The monoisotopic (exact) mass is 387 g/mol. The summed E-state index contributed by atoms with van der Waals surface area (Å²) in [6, 6.07) is 13.4. The first kappa shape index (κ1) is 19.2. The fourth-order valence-corrected chi connectivity index (χ4v) is 4.29. The second kappa shape index (κ2) is 8.00. The third-order valence-corrected chi connectivity index (χ3v) is 6.11. The molecule has 0 aliphatic heterocycles. The minimum absolute atomic E-state index is 0.0678. The number of sulfonamides is 1. The highest BCUT2D eigenvalue weighted by molar-refractivity contribution is 7.92. The number of benzene rings is 2. The normalized spacial score (nSPS) is 14.7. The molecule has 27 heavy (non-hydrogen) atoms. The molecule has 1 aliphatic carbocycles. The van der Waals surface area contributed by atoms with E-state index in [1.165, 1.54) is 12.1 Å². The van der Waals surface area contributed by atoms with Crippen molar-refractivity contribution in [1.29, 1.82) is 0 Å². The second-order valence-corrected chi connectivity index (χ2v) is 8.71. The molecule has 0 bridgehead atoms. The fraction of sp³-hybridized carbons (Fsp3) is 0.350. The van der Waals surface area contributed by atoms with E-state index in [1.54, 1.807) is 24.3 Å². The number of hydrogen-bond donors (Lipinski definition) is 2. The standard InChI is InChI=1S/C20H25N3O3S/c1-23(2)18-12-10-17(11-13-18)22-27(25,26)19-9-5-6-15(14-19)20(24)21-16-7-3-4-8-16/h5-6,9-14,16,22H,3-4,7-8H2,1-2H3,(H,21,24). The molecule has 2 N–H and O–H groups in total. The molecule has 2 aromatic rings. The summed E-state index contributed by atoms with van der Waals surface area (Å²) in [6.45, 7) is 0. The van der Waals surface area contributed by atoms with Crippen molar-refractivity contribution in [3.05, 3.63) is 54.1 Å². The van der Waals surface area contributed by atoms with Gasteiger partial charge >= 0.3 is 0 Å². The van der Waals surface area contributed by atoms with Crippen LogP contribution >= 0.6 is 0 Å². The Hall–Kier alpha value is -2.54.